The smallest absolute Gasteiger partial charge is 0.225 e. The first kappa shape index (κ1) is 19.5. The molecule has 0 saturated heterocycles. The van der Waals surface area contributed by atoms with Gasteiger partial charge < -0.3 is 5.32 Å². The van der Waals surface area contributed by atoms with Crippen molar-refractivity contribution in [3.63, 3.8) is 0 Å². The number of anilines is 1. The van der Waals surface area contributed by atoms with E-state index in [1.54, 1.807) is 4.68 Å². The van der Waals surface area contributed by atoms with E-state index in [1.807, 2.05) is 30.3 Å². The number of carbonyl (C=O) groups is 1. The molecule has 0 aliphatic rings. The number of hydrogen-bond acceptors (Lipinski definition) is 2. The second kappa shape index (κ2) is 8.52. The average Bonchev–Trinajstić information content (AvgIpc) is 2.96. The van der Waals surface area contributed by atoms with E-state index in [1.165, 1.54) is 6.42 Å². The van der Waals surface area contributed by atoms with Crippen molar-refractivity contribution in [1.29, 1.82) is 0 Å². The van der Waals surface area contributed by atoms with Crippen molar-refractivity contribution in [1.82, 2.24) is 9.78 Å². The summed E-state index contributed by atoms with van der Waals surface area (Å²) >= 11 is 6.34. The first-order chi connectivity index (χ1) is 11.8. The molecule has 0 bridgehead atoms. The summed E-state index contributed by atoms with van der Waals surface area (Å²) in [6.45, 7) is 8.46. The van der Waals surface area contributed by atoms with Crippen LogP contribution in [0.2, 0.25) is 5.02 Å². The van der Waals surface area contributed by atoms with E-state index in [2.05, 4.69) is 33.0 Å². The zero-order chi connectivity index (χ0) is 18.4. The zero-order valence-electron chi connectivity index (χ0n) is 15.6. The fourth-order valence-corrected chi connectivity index (χ4v) is 2.78. The summed E-state index contributed by atoms with van der Waals surface area (Å²) in [6, 6.07) is 9.46. The van der Waals surface area contributed by atoms with E-state index in [0.717, 1.165) is 30.6 Å². The molecule has 4 nitrogen and oxygen atoms in total. The van der Waals surface area contributed by atoms with Crippen LogP contribution in [-0.4, -0.2) is 15.7 Å². The van der Waals surface area contributed by atoms with Gasteiger partial charge in [0.1, 0.15) is 5.82 Å². The van der Waals surface area contributed by atoms with E-state index >= 15 is 0 Å². The van der Waals surface area contributed by atoms with E-state index in [-0.39, 0.29) is 11.3 Å². The van der Waals surface area contributed by atoms with Crippen LogP contribution in [0, 0.1) is 0 Å². The van der Waals surface area contributed by atoms with E-state index in [9.17, 15) is 4.79 Å². The summed E-state index contributed by atoms with van der Waals surface area (Å²) < 4.78 is 1.73. The molecule has 1 amide bonds. The maximum atomic E-state index is 12.3. The van der Waals surface area contributed by atoms with Crippen LogP contribution in [0.1, 0.15) is 65.5 Å². The van der Waals surface area contributed by atoms with Crippen LogP contribution < -0.4 is 5.32 Å². The van der Waals surface area contributed by atoms with Crippen LogP contribution >= 0.6 is 11.6 Å². The molecule has 1 N–H and O–H groups in total. The van der Waals surface area contributed by atoms with Crippen LogP contribution in [0.3, 0.4) is 0 Å². The normalized spacial score (nSPS) is 11.6. The maximum Gasteiger partial charge on any atom is 0.225 e. The lowest BCUT2D eigenvalue weighted by atomic mass is 9.92. The van der Waals surface area contributed by atoms with Crippen molar-refractivity contribution in [2.75, 3.05) is 5.32 Å². The summed E-state index contributed by atoms with van der Waals surface area (Å²) in [5.74, 6) is 0.684. The lowest BCUT2D eigenvalue weighted by Gasteiger charge is -2.14. The molecule has 2 rings (SSSR count). The number of nitrogens with zero attached hydrogens (tertiary/aromatic N) is 2. The molecule has 0 aliphatic heterocycles. The standard InChI is InChI=1S/C20H28ClN3O/c1-5-6-7-8-13-19(25)22-18-14-17(20(2,3)4)23-24(18)16-12-10-9-11-15(16)21/h9-12,14H,5-8,13H2,1-4H3,(H,22,25). The van der Waals surface area contributed by atoms with Gasteiger partial charge in [-0.2, -0.15) is 5.10 Å². The third-order valence-corrected chi connectivity index (χ3v) is 4.40. The van der Waals surface area contributed by atoms with Crippen molar-refractivity contribution in [3.8, 4) is 5.69 Å². The Morgan fingerprint density at radius 1 is 1.20 bits per heavy atom. The van der Waals surface area contributed by atoms with Crippen molar-refractivity contribution in [2.45, 2.75) is 65.2 Å². The Labute approximate surface area is 155 Å². The molecule has 2 aromatic rings. The first-order valence-electron chi connectivity index (χ1n) is 8.98. The van der Waals surface area contributed by atoms with Gasteiger partial charge in [0.25, 0.3) is 0 Å². The number of amides is 1. The van der Waals surface area contributed by atoms with Crippen molar-refractivity contribution < 1.29 is 4.79 Å². The predicted molar refractivity (Wildman–Crippen MR) is 105 cm³/mol. The Morgan fingerprint density at radius 2 is 1.92 bits per heavy atom. The Balaban J connectivity index is 2.25. The number of para-hydroxylation sites is 1. The Bertz CT molecular complexity index is 716. The topological polar surface area (TPSA) is 46.9 Å². The predicted octanol–water partition coefficient (Wildman–Crippen LogP) is 5.73. The number of rotatable bonds is 7. The molecule has 0 radical (unpaired) electrons. The van der Waals surface area contributed by atoms with Gasteiger partial charge >= 0.3 is 0 Å². The van der Waals surface area contributed by atoms with Gasteiger partial charge in [-0.1, -0.05) is 70.7 Å². The Morgan fingerprint density at radius 3 is 2.56 bits per heavy atom. The second-order valence-electron chi connectivity index (χ2n) is 7.39. The van der Waals surface area contributed by atoms with Crippen LogP contribution in [0.15, 0.2) is 30.3 Å². The monoisotopic (exact) mass is 361 g/mol. The minimum Gasteiger partial charge on any atom is -0.311 e. The molecule has 0 saturated carbocycles. The zero-order valence-corrected chi connectivity index (χ0v) is 16.4. The molecule has 0 aliphatic carbocycles. The summed E-state index contributed by atoms with van der Waals surface area (Å²) in [4.78, 5) is 12.3. The number of hydrogen-bond donors (Lipinski definition) is 1. The van der Waals surface area contributed by atoms with Crippen LogP contribution in [0.5, 0.6) is 0 Å². The molecule has 1 aromatic carbocycles. The first-order valence-corrected chi connectivity index (χ1v) is 9.36. The quantitative estimate of drug-likeness (QED) is 0.640. The second-order valence-corrected chi connectivity index (χ2v) is 7.79. The summed E-state index contributed by atoms with van der Waals surface area (Å²) in [5.41, 5.74) is 1.56. The fourth-order valence-electron chi connectivity index (χ4n) is 2.56. The fraction of sp³-hybridized carbons (Fsp3) is 0.500. The third kappa shape index (κ3) is 5.33. The maximum absolute atomic E-state index is 12.3. The van der Waals surface area contributed by atoms with Crippen LogP contribution in [-0.2, 0) is 10.2 Å². The summed E-state index contributed by atoms with van der Waals surface area (Å²) in [6.07, 6.45) is 4.85. The van der Waals surface area contributed by atoms with Crippen LogP contribution in [0.25, 0.3) is 5.69 Å². The van der Waals surface area contributed by atoms with Crippen molar-refractivity contribution >= 4 is 23.3 Å². The number of halogens is 1. The number of carbonyl (C=O) groups excluding carboxylic acids is 1. The molecule has 136 valence electrons. The number of unbranched alkanes of at least 4 members (excludes halogenated alkanes) is 3. The van der Waals surface area contributed by atoms with Gasteiger partial charge in [-0.3, -0.25) is 4.79 Å². The number of benzene rings is 1. The van der Waals surface area contributed by atoms with Crippen molar-refractivity contribution in [3.05, 3.63) is 41.0 Å². The molecule has 0 unspecified atom stereocenters. The molecule has 0 fully saturated rings. The van der Waals surface area contributed by atoms with E-state index in [0.29, 0.717) is 17.3 Å². The molecule has 0 spiro atoms. The van der Waals surface area contributed by atoms with Gasteiger partial charge in [0.15, 0.2) is 0 Å². The van der Waals surface area contributed by atoms with E-state index in [4.69, 9.17) is 16.7 Å². The molecule has 0 atom stereocenters. The molecular weight excluding hydrogens is 334 g/mol. The SMILES string of the molecule is CCCCCCC(=O)Nc1cc(C(C)(C)C)nn1-c1ccccc1Cl. The third-order valence-electron chi connectivity index (χ3n) is 4.08. The highest BCUT2D eigenvalue weighted by molar-refractivity contribution is 6.32. The largest absolute Gasteiger partial charge is 0.311 e. The Hall–Kier alpha value is -1.81. The lowest BCUT2D eigenvalue weighted by molar-refractivity contribution is -0.116. The molecule has 25 heavy (non-hydrogen) atoms. The van der Waals surface area contributed by atoms with Crippen molar-refractivity contribution in [2.24, 2.45) is 0 Å². The van der Waals surface area contributed by atoms with Gasteiger partial charge in [-0.25, -0.2) is 4.68 Å². The Kier molecular flexibility index (Phi) is 6.65. The molecule has 5 heteroatoms. The lowest BCUT2D eigenvalue weighted by Crippen LogP contribution is -2.15. The summed E-state index contributed by atoms with van der Waals surface area (Å²) in [5, 5.41) is 8.30. The van der Waals surface area contributed by atoms with Gasteiger partial charge in [0.05, 0.1) is 16.4 Å². The van der Waals surface area contributed by atoms with Gasteiger partial charge in [-0.05, 0) is 18.6 Å². The van der Waals surface area contributed by atoms with Gasteiger partial charge in [0.2, 0.25) is 5.91 Å². The van der Waals surface area contributed by atoms with Gasteiger partial charge in [-0.15, -0.1) is 0 Å². The van der Waals surface area contributed by atoms with E-state index < -0.39 is 0 Å². The van der Waals surface area contributed by atoms with Gasteiger partial charge in [0, 0.05) is 17.9 Å². The number of nitrogens with one attached hydrogen (secondary N) is 1. The number of aromatic nitrogens is 2. The molecule has 1 heterocycles. The molecular formula is C20H28ClN3O. The summed E-state index contributed by atoms with van der Waals surface area (Å²) in [7, 11) is 0. The highest BCUT2D eigenvalue weighted by Gasteiger charge is 2.22. The minimum atomic E-state index is -0.118. The minimum absolute atomic E-state index is 0.0183. The average molecular weight is 362 g/mol. The molecule has 1 aromatic heterocycles. The van der Waals surface area contributed by atoms with Crippen LogP contribution in [0.4, 0.5) is 5.82 Å². The highest BCUT2D eigenvalue weighted by atomic mass is 35.5. The highest BCUT2D eigenvalue weighted by Crippen LogP contribution is 2.29.